The van der Waals surface area contributed by atoms with Crippen LogP contribution in [0.25, 0.3) is 0 Å². The van der Waals surface area contributed by atoms with Crippen molar-refractivity contribution in [2.75, 3.05) is 0 Å². The number of carbonyl (C=O) groups is 2. The highest BCUT2D eigenvalue weighted by Gasteiger charge is 2.30. The molecular weight excluding hydrogens is 177 g/mol. The van der Waals surface area contributed by atoms with Crippen molar-refractivity contribution in [3.8, 4) is 0 Å². The first-order chi connectivity index (χ1) is 5.75. The first-order valence-electron chi connectivity index (χ1n) is 3.95. The first-order valence-corrected chi connectivity index (χ1v) is 3.95. The summed E-state index contributed by atoms with van der Waals surface area (Å²) in [5.41, 5.74) is -1.12. The van der Waals surface area contributed by atoms with Gasteiger partial charge in [-0.15, -0.1) is 0 Å². The van der Waals surface area contributed by atoms with Gasteiger partial charge in [0.05, 0.1) is 5.41 Å². The number of nitrogens with one attached hydrogen (secondary N) is 1. The average Bonchev–Trinajstić information content (AvgIpc) is 1.82. The van der Waals surface area contributed by atoms with Crippen LogP contribution in [0.4, 0.5) is 9.18 Å². The SMILES string of the molecule is CC(CC(C)(C)C(=O)F)NC(=O)O. The van der Waals surface area contributed by atoms with Gasteiger partial charge in [0.1, 0.15) is 0 Å². The quantitative estimate of drug-likeness (QED) is 0.662. The molecule has 0 fully saturated rings. The Morgan fingerprint density at radius 1 is 1.54 bits per heavy atom. The third-order valence-electron chi connectivity index (χ3n) is 1.72. The highest BCUT2D eigenvalue weighted by molar-refractivity contribution is 5.74. The highest BCUT2D eigenvalue weighted by atomic mass is 19.1. The van der Waals surface area contributed by atoms with Gasteiger partial charge in [0.2, 0.25) is 0 Å². The molecule has 0 saturated carbocycles. The van der Waals surface area contributed by atoms with E-state index >= 15 is 0 Å². The van der Waals surface area contributed by atoms with Crippen molar-refractivity contribution < 1.29 is 19.1 Å². The third-order valence-corrected chi connectivity index (χ3v) is 1.72. The molecule has 0 aliphatic carbocycles. The number of hydrogen-bond acceptors (Lipinski definition) is 2. The van der Waals surface area contributed by atoms with Crippen LogP contribution in [0.15, 0.2) is 0 Å². The summed E-state index contributed by atoms with van der Waals surface area (Å²) >= 11 is 0. The van der Waals surface area contributed by atoms with Gasteiger partial charge in [-0.25, -0.2) is 4.79 Å². The molecule has 0 aliphatic rings. The van der Waals surface area contributed by atoms with Gasteiger partial charge >= 0.3 is 12.1 Å². The summed E-state index contributed by atoms with van der Waals surface area (Å²) in [4.78, 5) is 20.6. The summed E-state index contributed by atoms with van der Waals surface area (Å²) in [6.07, 6.45) is -1.02. The Bertz CT molecular complexity index is 215. The first kappa shape index (κ1) is 11.9. The van der Waals surface area contributed by atoms with E-state index in [4.69, 9.17) is 5.11 Å². The summed E-state index contributed by atoms with van der Waals surface area (Å²) in [6, 6.07) is -1.86. The van der Waals surface area contributed by atoms with Crippen LogP contribution in [-0.2, 0) is 4.79 Å². The molecule has 0 aromatic rings. The van der Waals surface area contributed by atoms with Crippen LogP contribution >= 0.6 is 0 Å². The Labute approximate surface area is 76.1 Å². The summed E-state index contributed by atoms with van der Waals surface area (Å²) in [5, 5.41) is 10.5. The maximum absolute atomic E-state index is 12.4. The topological polar surface area (TPSA) is 66.4 Å². The Hall–Kier alpha value is -1.13. The monoisotopic (exact) mass is 191 g/mol. The molecule has 0 rings (SSSR count). The Morgan fingerprint density at radius 3 is 2.31 bits per heavy atom. The summed E-state index contributed by atoms with van der Waals surface area (Å²) in [5.74, 6) is 0. The number of carboxylic acid groups (broad SMARTS) is 1. The predicted molar refractivity (Wildman–Crippen MR) is 45.1 cm³/mol. The third kappa shape index (κ3) is 4.45. The lowest BCUT2D eigenvalue weighted by Crippen LogP contribution is -2.36. The second-order valence-electron chi connectivity index (χ2n) is 3.71. The lowest BCUT2D eigenvalue weighted by Gasteiger charge is -2.22. The zero-order valence-corrected chi connectivity index (χ0v) is 7.93. The minimum Gasteiger partial charge on any atom is -0.465 e. The molecule has 1 amide bonds. The second kappa shape index (κ2) is 4.20. The molecule has 0 aromatic heterocycles. The molecule has 76 valence electrons. The molecule has 0 heterocycles. The largest absolute Gasteiger partial charge is 0.465 e. The molecule has 0 aromatic carbocycles. The molecule has 0 radical (unpaired) electrons. The maximum atomic E-state index is 12.4. The van der Waals surface area contributed by atoms with Crippen molar-refractivity contribution in [2.45, 2.75) is 33.2 Å². The minimum atomic E-state index is -1.42. The molecule has 0 saturated heterocycles. The number of carbonyl (C=O) groups excluding carboxylic acids is 1. The van der Waals surface area contributed by atoms with Crippen LogP contribution < -0.4 is 5.32 Å². The average molecular weight is 191 g/mol. The van der Waals surface area contributed by atoms with E-state index in [1.165, 1.54) is 13.8 Å². The van der Waals surface area contributed by atoms with Crippen molar-refractivity contribution >= 4 is 12.1 Å². The van der Waals surface area contributed by atoms with E-state index < -0.39 is 23.6 Å². The predicted octanol–water partition coefficient (Wildman–Crippen LogP) is 1.55. The summed E-state index contributed by atoms with van der Waals surface area (Å²) in [7, 11) is 0. The van der Waals surface area contributed by atoms with E-state index in [9.17, 15) is 14.0 Å². The molecule has 13 heavy (non-hydrogen) atoms. The van der Waals surface area contributed by atoms with Gasteiger partial charge in [-0.3, -0.25) is 4.79 Å². The van der Waals surface area contributed by atoms with Crippen molar-refractivity contribution in [1.82, 2.24) is 5.32 Å². The lowest BCUT2D eigenvalue weighted by atomic mass is 9.87. The molecule has 5 heteroatoms. The van der Waals surface area contributed by atoms with Crippen molar-refractivity contribution in [1.29, 1.82) is 0 Å². The fraction of sp³-hybridized carbons (Fsp3) is 0.750. The minimum absolute atomic E-state index is 0.147. The second-order valence-corrected chi connectivity index (χ2v) is 3.71. The van der Waals surface area contributed by atoms with Gasteiger partial charge in [0, 0.05) is 6.04 Å². The van der Waals surface area contributed by atoms with Gasteiger partial charge in [-0.2, -0.15) is 4.39 Å². The Kier molecular flexibility index (Phi) is 3.84. The van der Waals surface area contributed by atoms with Crippen molar-refractivity contribution in [3.63, 3.8) is 0 Å². The Balaban J connectivity index is 4.11. The van der Waals surface area contributed by atoms with Crippen LogP contribution in [0.1, 0.15) is 27.2 Å². The van der Waals surface area contributed by atoms with Crippen LogP contribution in [0.2, 0.25) is 0 Å². The smallest absolute Gasteiger partial charge is 0.404 e. The van der Waals surface area contributed by atoms with Crippen LogP contribution in [0.5, 0.6) is 0 Å². The van der Waals surface area contributed by atoms with E-state index in [-0.39, 0.29) is 6.42 Å². The highest BCUT2D eigenvalue weighted by Crippen LogP contribution is 2.23. The number of amides is 1. The molecule has 1 atom stereocenters. The molecule has 0 spiro atoms. The number of hydrogen-bond donors (Lipinski definition) is 2. The zero-order valence-electron chi connectivity index (χ0n) is 7.93. The Morgan fingerprint density at radius 2 is 2.00 bits per heavy atom. The van der Waals surface area contributed by atoms with Gasteiger partial charge in [0.15, 0.2) is 0 Å². The van der Waals surface area contributed by atoms with E-state index in [2.05, 4.69) is 5.32 Å². The van der Waals surface area contributed by atoms with Crippen LogP contribution in [0, 0.1) is 5.41 Å². The number of halogens is 1. The molecule has 0 bridgehead atoms. The molecule has 4 nitrogen and oxygen atoms in total. The number of rotatable bonds is 4. The fourth-order valence-electron chi connectivity index (χ4n) is 1.11. The lowest BCUT2D eigenvalue weighted by molar-refractivity contribution is -0.139. The van der Waals surface area contributed by atoms with Crippen molar-refractivity contribution in [2.24, 2.45) is 5.41 Å². The van der Waals surface area contributed by atoms with Gasteiger partial charge in [0.25, 0.3) is 0 Å². The van der Waals surface area contributed by atoms with E-state index in [0.717, 1.165) is 0 Å². The van der Waals surface area contributed by atoms with Crippen LogP contribution in [-0.4, -0.2) is 23.3 Å². The zero-order chi connectivity index (χ0) is 10.6. The molecular formula is C8H14FNO3. The van der Waals surface area contributed by atoms with E-state index in [1.807, 2.05) is 0 Å². The van der Waals surface area contributed by atoms with Crippen LogP contribution in [0.3, 0.4) is 0 Å². The van der Waals surface area contributed by atoms with E-state index in [1.54, 1.807) is 6.92 Å². The van der Waals surface area contributed by atoms with Crippen molar-refractivity contribution in [3.05, 3.63) is 0 Å². The standard InChI is InChI=1S/C8H14FNO3/c1-5(10-7(12)13)4-8(2,3)6(9)11/h5,10H,4H2,1-3H3,(H,12,13). The molecule has 1 unspecified atom stereocenters. The summed E-state index contributed by atoms with van der Waals surface area (Å²) < 4.78 is 12.4. The normalized spacial score (nSPS) is 13.5. The van der Waals surface area contributed by atoms with Gasteiger partial charge < -0.3 is 10.4 Å². The maximum Gasteiger partial charge on any atom is 0.404 e. The fourth-order valence-corrected chi connectivity index (χ4v) is 1.11. The van der Waals surface area contributed by atoms with Gasteiger partial charge in [-0.05, 0) is 13.3 Å². The van der Waals surface area contributed by atoms with Gasteiger partial charge in [-0.1, -0.05) is 13.8 Å². The summed E-state index contributed by atoms with van der Waals surface area (Å²) in [6.45, 7) is 4.46. The van der Waals surface area contributed by atoms with E-state index in [0.29, 0.717) is 0 Å². The molecule has 0 aliphatic heterocycles. The molecule has 2 N–H and O–H groups in total.